The Hall–Kier alpha value is -0.980. The van der Waals surface area contributed by atoms with E-state index in [0.717, 1.165) is 12.2 Å². The van der Waals surface area contributed by atoms with E-state index in [1.807, 2.05) is 6.07 Å². The van der Waals surface area contributed by atoms with Crippen LogP contribution in [0.15, 0.2) is 18.2 Å². The summed E-state index contributed by atoms with van der Waals surface area (Å²) in [5.74, 6) is 0.960. The van der Waals surface area contributed by atoms with Crippen molar-refractivity contribution < 1.29 is 4.74 Å². The number of ether oxygens (including phenoxy) is 1. The summed E-state index contributed by atoms with van der Waals surface area (Å²) in [7, 11) is 1.70. The minimum Gasteiger partial charge on any atom is -0.497 e. The van der Waals surface area contributed by atoms with Crippen LogP contribution in [0.1, 0.15) is 18.1 Å². The summed E-state index contributed by atoms with van der Waals surface area (Å²) >= 11 is 0. The Morgan fingerprint density at radius 2 is 2.00 bits per heavy atom. The molecule has 60 valence electrons. The third-order valence-corrected chi connectivity index (χ3v) is 1.75. The van der Waals surface area contributed by atoms with Gasteiger partial charge in [-0.15, -0.1) is 0 Å². The summed E-state index contributed by atoms with van der Waals surface area (Å²) in [5.41, 5.74) is 2.60. The molecular weight excluding hydrogens is 136 g/mol. The van der Waals surface area contributed by atoms with E-state index in [1.54, 1.807) is 7.11 Å². The number of hydrogen-bond donors (Lipinski definition) is 0. The van der Waals surface area contributed by atoms with Gasteiger partial charge in [0.1, 0.15) is 5.75 Å². The first-order valence-electron chi connectivity index (χ1n) is 3.91. The fourth-order valence-corrected chi connectivity index (χ4v) is 1.15. The van der Waals surface area contributed by atoms with Gasteiger partial charge in [0.05, 0.1) is 7.11 Å². The van der Waals surface area contributed by atoms with Gasteiger partial charge in [0.25, 0.3) is 0 Å². The van der Waals surface area contributed by atoms with E-state index in [0.29, 0.717) is 0 Å². The van der Waals surface area contributed by atoms with Gasteiger partial charge >= 0.3 is 0 Å². The van der Waals surface area contributed by atoms with Crippen LogP contribution < -0.4 is 4.74 Å². The fraction of sp³-hybridized carbons (Fsp3) is 0.400. The summed E-state index contributed by atoms with van der Waals surface area (Å²) in [6, 6.07) is 6.30. The van der Waals surface area contributed by atoms with Gasteiger partial charge in [-0.2, -0.15) is 0 Å². The molecule has 0 spiro atoms. The third-order valence-electron chi connectivity index (χ3n) is 1.75. The van der Waals surface area contributed by atoms with Crippen molar-refractivity contribution in [1.29, 1.82) is 0 Å². The Kier molecular flexibility index (Phi) is 2.53. The minimum atomic E-state index is 0.960. The quantitative estimate of drug-likeness (QED) is 0.629. The van der Waals surface area contributed by atoms with Crippen LogP contribution in [-0.4, -0.2) is 7.11 Å². The Labute approximate surface area is 68.0 Å². The van der Waals surface area contributed by atoms with Crippen LogP contribution in [0.4, 0.5) is 0 Å². The predicted octanol–water partition coefficient (Wildman–Crippen LogP) is 2.57. The van der Waals surface area contributed by atoms with Gasteiger partial charge in [0, 0.05) is 0 Å². The molecule has 0 aromatic heterocycles. The first-order chi connectivity index (χ1) is 5.26. The second-order valence-electron chi connectivity index (χ2n) is 2.71. The largest absolute Gasteiger partial charge is 0.497 e. The molecule has 0 heterocycles. The number of rotatable bonds is 2. The molecule has 0 unspecified atom stereocenters. The van der Waals surface area contributed by atoms with Gasteiger partial charge in [0.2, 0.25) is 0 Å². The van der Waals surface area contributed by atoms with Gasteiger partial charge < -0.3 is 4.74 Å². The SMILES string of the molecule is CCc1cc(C)cc(OC)c1. The van der Waals surface area contributed by atoms with Crippen molar-refractivity contribution in [3.05, 3.63) is 29.3 Å². The summed E-state index contributed by atoms with van der Waals surface area (Å²) < 4.78 is 5.14. The van der Waals surface area contributed by atoms with Crippen LogP contribution in [-0.2, 0) is 6.42 Å². The Morgan fingerprint density at radius 1 is 1.27 bits per heavy atom. The van der Waals surface area contributed by atoms with Crippen LogP contribution >= 0.6 is 0 Å². The average Bonchev–Trinajstić information content (AvgIpc) is 2.03. The maximum Gasteiger partial charge on any atom is 0.119 e. The zero-order valence-electron chi connectivity index (χ0n) is 7.35. The molecule has 0 saturated heterocycles. The maximum atomic E-state index is 5.14. The number of hydrogen-bond acceptors (Lipinski definition) is 1. The third kappa shape index (κ3) is 1.97. The van der Waals surface area contributed by atoms with Crippen molar-refractivity contribution in [3.8, 4) is 5.75 Å². The van der Waals surface area contributed by atoms with Crippen LogP contribution in [0.25, 0.3) is 0 Å². The van der Waals surface area contributed by atoms with Gasteiger partial charge in [-0.25, -0.2) is 0 Å². The Bertz CT molecular complexity index is 218. The molecule has 0 bridgehead atoms. The summed E-state index contributed by atoms with van der Waals surface area (Å²) in [6.45, 7) is 4.23. The molecule has 0 atom stereocenters. The zero-order chi connectivity index (χ0) is 8.27. The highest BCUT2D eigenvalue weighted by Crippen LogP contribution is 2.16. The molecule has 0 saturated carbocycles. The van der Waals surface area contributed by atoms with Crippen molar-refractivity contribution in [2.24, 2.45) is 0 Å². The highest BCUT2D eigenvalue weighted by atomic mass is 16.5. The van der Waals surface area contributed by atoms with Crippen molar-refractivity contribution >= 4 is 0 Å². The van der Waals surface area contributed by atoms with E-state index in [4.69, 9.17) is 4.74 Å². The lowest BCUT2D eigenvalue weighted by atomic mass is 10.1. The van der Waals surface area contributed by atoms with Gasteiger partial charge in [-0.3, -0.25) is 0 Å². The molecule has 0 N–H and O–H groups in total. The highest BCUT2D eigenvalue weighted by molar-refractivity contribution is 5.33. The Balaban J connectivity index is 3.02. The lowest BCUT2D eigenvalue weighted by Crippen LogP contribution is -1.87. The molecule has 1 heteroatoms. The molecule has 0 aliphatic rings. The van der Waals surface area contributed by atoms with E-state index in [9.17, 15) is 0 Å². The van der Waals surface area contributed by atoms with Crippen LogP contribution in [0.2, 0.25) is 0 Å². The van der Waals surface area contributed by atoms with Crippen LogP contribution in [0.3, 0.4) is 0 Å². The molecule has 1 aromatic rings. The molecule has 0 amide bonds. The lowest BCUT2D eigenvalue weighted by molar-refractivity contribution is 0.414. The van der Waals surface area contributed by atoms with E-state index < -0.39 is 0 Å². The molecule has 0 radical (unpaired) electrons. The number of aryl methyl sites for hydroxylation is 2. The predicted molar refractivity (Wildman–Crippen MR) is 47.1 cm³/mol. The second-order valence-corrected chi connectivity index (χ2v) is 2.71. The minimum absolute atomic E-state index is 0.960. The molecule has 11 heavy (non-hydrogen) atoms. The monoisotopic (exact) mass is 150 g/mol. The molecule has 0 aliphatic heterocycles. The highest BCUT2D eigenvalue weighted by Gasteiger charge is 1.95. The van der Waals surface area contributed by atoms with Crippen molar-refractivity contribution in [3.63, 3.8) is 0 Å². The zero-order valence-corrected chi connectivity index (χ0v) is 7.35. The normalized spacial score (nSPS) is 9.73. The maximum absolute atomic E-state index is 5.14. The van der Waals surface area contributed by atoms with Crippen molar-refractivity contribution in [2.75, 3.05) is 7.11 Å². The van der Waals surface area contributed by atoms with E-state index >= 15 is 0 Å². The molecule has 0 fully saturated rings. The molecular formula is C10H14O. The molecule has 1 nitrogen and oxygen atoms in total. The smallest absolute Gasteiger partial charge is 0.119 e. The summed E-state index contributed by atoms with van der Waals surface area (Å²) in [4.78, 5) is 0. The van der Waals surface area contributed by atoms with Crippen LogP contribution in [0, 0.1) is 6.92 Å². The van der Waals surface area contributed by atoms with Crippen molar-refractivity contribution in [2.45, 2.75) is 20.3 Å². The first kappa shape index (κ1) is 8.12. The summed E-state index contributed by atoms with van der Waals surface area (Å²) in [5, 5.41) is 0. The fourth-order valence-electron chi connectivity index (χ4n) is 1.15. The van der Waals surface area contributed by atoms with E-state index in [1.165, 1.54) is 11.1 Å². The van der Waals surface area contributed by atoms with Gasteiger partial charge in [-0.1, -0.05) is 13.0 Å². The van der Waals surface area contributed by atoms with Gasteiger partial charge in [0.15, 0.2) is 0 Å². The number of benzene rings is 1. The summed E-state index contributed by atoms with van der Waals surface area (Å²) in [6.07, 6.45) is 1.07. The van der Waals surface area contributed by atoms with E-state index in [-0.39, 0.29) is 0 Å². The molecule has 1 rings (SSSR count). The topological polar surface area (TPSA) is 9.23 Å². The second kappa shape index (κ2) is 3.42. The molecule has 1 aromatic carbocycles. The molecule has 0 aliphatic carbocycles. The lowest BCUT2D eigenvalue weighted by Gasteiger charge is -2.03. The van der Waals surface area contributed by atoms with Crippen LogP contribution in [0.5, 0.6) is 5.75 Å². The van der Waals surface area contributed by atoms with E-state index in [2.05, 4.69) is 26.0 Å². The standard InChI is InChI=1S/C10H14O/c1-4-9-5-8(2)6-10(7-9)11-3/h5-7H,4H2,1-3H3. The van der Waals surface area contributed by atoms with Crippen molar-refractivity contribution in [1.82, 2.24) is 0 Å². The Morgan fingerprint density at radius 3 is 2.55 bits per heavy atom. The number of methoxy groups -OCH3 is 1. The average molecular weight is 150 g/mol. The van der Waals surface area contributed by atoms with Gasteiger partial charge in [-0.05, 0) is 36.6 Å². The first-order valence-corrected chi connectivity index (χ1v) is 3.91.